The van der Waals surface area contributed by atoms with Crippen molar-refractivity contribution in [1.82, 2.24) is 4.90 Å². The third-order valence-electron chi connectivity index (χ3n) is 5.08. The van der Waals surface area contributed by atoms with Gasteiger partial charge in [0.15, 0.2) is 0 Å². The van der Waals surface area contributed by atoms with Crippen LogP contribution in [-0.2, 0) is 16.0 Å². The van der Waals surface area contributed by atoms with E-state index in [1.807, 2.05) is 67.5 Å². The number of nitrogens with zero attached hydrogens (tertiary/aromatic N) is 2. The number of rotatable bonds is 7. The molecule has 0 saturated carbocycles. The summed E-state index contributed by atoms with van der Waals surface area (Å²) in [6.45, 7) is 1.04. The van der Waals surface area contributed by atoms with Crippen molar-refractivity contribution in [3.63, 3.8) is 0 Å². The van der Waals surface area contributed by atoms with E-state index in [9.17, 15) is 9.59 Å². The Morgan fingerprint density at radius 2 is 1.89 bits per heavy atom. The molecule has 2 amide bonds. The molecule has 2 aromatic carbocycles. The first-order valence-corrected chi connectivity index (χ1v) is 9.46. The number of carbonyl (C=O) groups is 2. The van der Waals surface area contributed by atoms with Gasteiger partial charge >= 0.3 is 0 Å². The van der Waals surface area contributed by atoms with Gasteiger partial charge in [0.25, 0.3) is 0 Å². The number of anilines is 2. The van der Waals surface area contributed by atoms with Gasteiger partial charge in [-0.05, 0) is 42.3 Å². The lowest BCUT2D eigenvalue weighted by Crippen LogP contribution is -2.30. The van der Waals surface area contributed by atoms with E-state index in [1.165, 1.54) is 0 Å². The molecule has 0 bridgehead atoms. The first kappa shape index (κ1) is 19.7. The molecule has 1 aliphatic heterocycles. The zero-order valence-corrected chi connectivity index (χ0v) is 16.6. The Hall–Kier alpha value is -3.02. The van der Waals surface area contributed by atoms with Gasteiger partial charge in [0.2, 0.25) is 11.8 Å². The van der Waals surface area contributed by atoms with Gasteiger partial charge in [-0.3, -0.25) is 9.59 Å². The molecule has 1 N–H and O–H groups in total. The highest BCUT2D eigenvalue weighted by atomic mass is 16.5. The van der Waals surface area contributed by atoms with E-state index in [4.69, 9.17) is 4.74 Å². The number of para-hydroxylation sites is 1. The maximum atomic E-state index is 12.6. The summed E-state index contributed by atoms with van der Waals surface area (Å²) in [6, 6.07) is 15.5. The largest absolute Gasteiger partial charge is 0.496 e. The van der Waals surface area contributed by atoms with Crippen molar-refractivity contribution in [2.24, 2.45) is 5.92 Å². The fraction of sp³-hybridized carbons (Fsp3) is 0.364. The fourth-order valence-corrected chi connectivity index (χ4v) is 3.42. The van der Waals surface area contributed by atoms with Crippen LogP contribution in [0, 0.1) is 5.92 Å². The lowest BCUT2D eigenvalue weighted by atomic mass is 10.1. The molecule has 3 rings (SSSR count). The van der Waals surface area contributed by atoms with E-state index in [-0.39, 0.29) is 24.2 Å². The van der Waals surface area contributed by atoms with Gasteiger partial charge in [-0.25, -0.2) is 0 Å². The number of carbonyl (C=O) groups excluding carboxylic acids is 2. The normalized spacial score (nSPS) is 16.2. The van der Waals surface area contributed by atoms with Crippen molar-refractivity contribution in [1.29, 1.82) is 0 Å². The van der Waals surface area contributed by atoms with Crippen LogP contribution in [0.15, 0.2) is 48.5 Å². The fourth-order valence-electron chi connectivity index (χ4n) is 3.42. The van der Waals surface area contributed by atoms with Crippen molar-refractivity contribution < 1.29 is 14.3 Å². The first-order valence-electron chi connectivity index (χ1n) is 9.46. The third kappa shape index (κ3) is 4.63. The summed E-state index contributed by atoms with van der Waals surface area (Å²) in [5.74, 6) is 0.423. The zero-order chi connectivity index (χ0) is 20.1. The van der Waals surface area contributed by atoms with Gasteiger partial charge in [0, 0.05) is 45.0 Å². The van der Waals surface area contributed by atoms with Crippen LogP contribution in [0.2, 0.25) is 0 Å². The topological polar surface area (TPSA) is 61.9 Å². The summed E-state index contributed by atoms with van der Waals surface area (Å²) in [5.41, 5.74) is 2.87. The predicted octanol–water partition coefficient (Wildman–Crippen LogP) is 2.79. The summed E-state index contributed by atoms with van der Waals surface area (Å²) < 4.78 is 5.37. The van der Waals surface area contributed by atoms with Crippen molar-refractivity contribution in [3.8, 4) is 5.75 Å². The average Bonchev–Trinajstić information content (AvgIpc) is 3.07. The Labute approximate surface area is 166 Å². The van der Waals surface area contributed by atoms with Crippen LogP contribution in [0.5, 0.6) is 5.75 Å². The van der Waals surface area contributed by atoms with E-state index >= 15 is 0 Å². The van der Waals surface area contributed by atoms with Crippen molar-refractivity contribution in [2.45, 2.75) is 12.8 Å². The molecule has 6 heteroatoms. The van der Waals surface area contributed by atoms with Gasteiger partial charge in [0.05, 0.1) is 13.0 Å². The second kappa shape index (κ2) is 8.78. The molecule has 1 heterocycles. The second-order valence-electron chi connectivity index (χ2n) is 7.23. The van der Waals surface area contributed by atoms with E-state index in [2.05, 4.69) is 5.32 Å². The molecule has 28 heavy (non-hydrogen) atoms. The van der Waals surface area contributed by atoms with Crippen LogP contribution in [-0.4, -0.2) is 51.0 Å². The number of hydrogen-bond donors (Lipinski definition) is 1. The molecule has 1 unspecified atom stereocenters. The molecule has 0 aromatic heterocycles. The van der Waals surface area contributed by atoms with Gasteiger partial charge in [0.1, 0.15) is 5.75 Å². The Bertz CT molecular complexity index is 833. The average molecular weight is 381 g/mol. The number of ether oxygens (including phenoxy) is 1. The molecule has 0 radical (unpaired) electrons. The minimum Gasteiger partial charge on any atom is -0.496 e. The van der Waals surface area contributed by atoms with Crippen LogP contribution >= 0.6 is 0 Å². The van der Waals surface area contributed by atoms with E-state index < -0.39 is 0 Å². The summed E-state index contributed by atoms with van der Waals surface area (Å²) in [7, 11) is 5.58. The highest BCUT2D eigenvalue weighted by Crippen LogP contribution is 2.23. The summed E-state index contributed by atoms with van der Waals surface area (Å²) in [5, 5.41) is 2.93. The molecular formula is C22H27N3O3. The zero-order valence-electron chi connectivity index (χ0n) is 16.6. The van der Waals surface area contributed by atoms with Crippen molar-refractivity contribution >= 4 is 23.2 Å². The number of amides is 2. The Balaban J connectivity index is 1.55. The van der Waals surface area contributed by atoms with E-state index in [0.717, 1.165) is 22.7 Å². The third-order valence-corrected chi connectivity index (χ3v) is 5.08. The van der Waals surface area contributed by atoms with Crippen LogP contribution in [0.1, 0.15) is 12.0 Å². The van der Waals surface area contributed by atoms with Gasteiger partial charge < -0.3 is 19.9 Å². The van der Waals surface area contributed by atoms with Crippen LogP contribution < -0.4 is 15.0 Å². The predicted molar refractivity (Wildman–Crippen MR) is 111 cm³/mol. The van der Waals surface area contributed by atoms with Crippen LogP contribution in [0.4, 0.5) is 11.4 Å². The quantitative estimate of drug-likeness (QED) is 0.801. The highest BCUT2D eigenvalue weighted by molar-refractivity contribution is 5.97. The molecule has 2 aromatic rings. The van der Waals surface area contributed by atoms with Gasteiger partial charge in [-0.1, -0.05) is 18.2 Å². The maximum absolute atomic E-state index is 12.6. The summed E-state index contributed by atoms with van der Waals surface area (Å²) in [6.07, 6.45) is 0.962. The lowest BCUT2D eigenvalue weighted by molar-refractivity contribution is -0.128. The maximum Gasteiger partial charge on any atom is 0.229 e. The van der Waals surface area contributed by atoms with Gasteiger partial charge in [-0.15, -0.1) is 0 Å². The lowest BCUT2D eigenvalue weighted by Gasteiger charge is -2.18. The van der Waals surface area contributed by atoms with Crippen molar-refractivity contribution in [3.05, 3.63) is 54.1 Å². The molecule has 1 fully saturated rings. The number of nitrogens with one attached hydrogen (secondary N) is 1. The van der Waals surface area contributed by atoms with E-state index in [0.29, 0.717) is 19.5 Å². The number of hydrogen-bond acceptors (Lipinski definition) is 4. The molecule has 6 nitrogen and oxygen atoms in total. The number of likely N-dealkylation sites (tertiary alicyclic amines) is 1. The Morgan fingerprint density at radius 3 is 2.57 bits per heavy atom. The summed E-state index contributed by atoms with van der Waals surface area (Å²) in [4.78, 5) is 28.7. The molecule has 1 saturated heterocycles. The standard InChI is InChI=1S/C22H27N3O3/c1-24(2)19-10-8-18(9-11-19)23-22(27)17-14-21(26)25(15-17)13-12-16-6-4-5-7-20(16)28-3/h4-11,17H,12-15H2,1-3H3,(H,23,27). The minimum absolute atomic E-state index is 0.0259. The Kier molecular flexibility index (Phi) is 6.19. The van der Waals surface area contributed by atoms with Crippen molar-refractivity contribution in [2.75, 3.05) is 44.5 Å². The van der Waals surface area contributed by atoms with Crippen LogP contribution in [0.25, 0.3) is 0 Å². The SMILES string of the molecule is COc1ccccc1CCN1CC(C(=O)Nc2ccc(N(C)C)cc2)CC1=O. The molecule has 0 spiro atoms. The van der Waals surface area contributed by atoms with E-state index in [1.54, 1.807) is 12.0 Å². The minimum atomic E-state index is -0.321. The number of methoxy groups -OCH3 is 1. The molecular weight excluding hydrogens is 354 g/mol. The Morgan fingerprint density at radius 1 is 1.18 bits per heavy atom. The molecule has 148 valence electrons. The number of benzene rings is 2. The summed E-state index contributed by atoms with van der Waals surface area (Å²) >= 11 is 0. The first-order chi connectivity index (χ1) is 13.5. The smallest absolute Gasteiger partial charge is 0.229 e. The molecule has 0 aliphatic carbocycles. The monoisotopic (exact) mass is 381 g/mol. The highest BCUT2D eigenvalue weighted by Gasteiger charge is 2.34. The van der Waals surface area contributed by atoms with Gasteiger partial charge in [-0.2, -0.15) is 0 Å². The second-order valence-corrected chi connectivity index (χ2v) is 7.23. The molecule has 1 atom stereocenters. The molecule has 1 aliphatic rings. The van der Waals surface area contributed by atoms with Crippen LogP contribution in [0.3, 0.4) is 0 Å².